The van der Waals surface area contributed by atoms with Crippen molar-refractivity contribution in [3.63, 3.8) is 0 Å². The molecule has 0 aromatic heterocycles. The number of nitrogens with zero attached hydrogens (tertiary/aromatic N) is 1. The molecule has 0 spiro atoms. The van der Waals surface area contributed by atoms with E-state index < -0.39 is 0 Å². The Balaban J connectivity index is 0.00000484. The molecule has 0 unspecified atom stereocenters. The second-order valence-electron chi connectivity index (χ2n) is 6.92. The topological polar surface area (TPSA) is 30.0 Å². The first-order valence-corrected chi connectivity index (χ1v) is 9.65. The SMILES string of the molecule is CCCCCCCC[N+](CCC)(CCC)Cc1ccccc1.[OH-]. The molecule has 0 aliphatic carbocycles. The molecule has 1 N–H and O–H groups in total. The first-order chi connectivity index (χ1) is 10.8. The maximum absolute atomic E-state index is 2.34. The van der Waals surface area contributed by atoms with Crippen molar-refractivity contribution >= 4 is 0 Å². The Bertz CT molecular complexity index is 357. The zero-order valence-electron chi connectivity index (χ0n) is 15.8. The summed E-state index contributed by atoms with van der Waals surface area (Å²) in [5.74, 6) is 0. The van der Waals surface area contributed by atoms with Crippen LogP contribution in [0.5, 0.6) is 0 Å². The molecule has 0 heterocycles. The summed E-state index contributed by atoms with van der Waals surface area (Å²) in [6.45, 7) is 12.2. The summed E-state index contributed by atoms with van der Waals surface area (Å²) in [4.78, 5) is 0. The molecule has 0 saturated heterocycles. The lowest BCUT2D eigenvalue weighted by Crippen LogP contribution is -2.49. The highest BCUT2D eigenvalue weighted by molar-refractivity contribution is 5.13. The van der Waals surface area contributed by atoms with Gasteiger partial charge in [0.1, 0.15) is 6.54 Å². The molecule has 0 amide bonds. The molecule has 1 aromatic carbocycles. The van der Waals surface area contributed by atoms with Gasteiger partial charge >= 0.3 is 0 Å². The first kappa shape index (κ1) is 22.1. The number of quaternary nitrogens is 1. The predicted molar refractivity (Wildman–Crippen MR) is 101 cm³/mol. The third kappa shape index (κ3) is 9.12. The van der Waals surface area contributed by atoms with Crippen molar-refractivity contribution in [3.05, 3.63) is 35.9 Å². The summed E-state index contributed by atoms with van der Waals surface area (Å²) in [6.07, 6.45) is 11.0. The Morgan fingerprint density at radius 3 is 1.78 bits per heavy atom. The van der Waals surface area contributed by atoms with Crippen LogP contribution in [0.1, 0.15) is 77.7 Å². The van der Waals surface area contributed by atoms with Crippen LogP contribution in [0, 0.1) is 0 Å². The zero-order valence-corrected chi connectivity index (χ0v) is 15.8. The highest BCUT2D eigenvalue weighted by atomic mass is 16.0. The van der Waals surface area contributed by atoms with Gasteiger partial charge in [-0.1, -0.05) is 76.8 Å². The van der Waals surface area contributed by atoms with Gasteiger partial charge in [-0.05, 0) is 25.7 Å². The van der Waals surface area contributed by atoms with Crippen molar-refractivity contribution in [1.82, 2.24) is 0 Å². The van der Waals surface area contributed by atoms with Gasteiger partial charge in [-0.2, -0.15) is 0 Å². The molecule has 0 aliphatic heterocycles. The summed E-state index contributed by atoms with van der Waals surface area (Å²) in [5.41, 5.74) is 1.51. The molecule has 1 aromatic rings. The molecule has 2 nitrogen and oxygen atoms in total. The summed E-state index contributed by atoms with van der Waals surface area (Å²) < 4.78 is 1.30. The van der Waals surface area contributed by atoms with Crippen LogP contribution < -0.4 is 0 Å². The van der Waals surface area contributed by atoms with Gasteiger partial charge in [0.25, 0.3) is 0 Å². The van der Waals surface area contributed by atoms with E-state index in [9.17, 15) is 0 Å². The van der Waals surface area contributed by atoms with Crippen LogP contribution in [0.2, 0.25) is 0 Å². The second-order valence-corrected chi connectivity index (χ2v) is 6.92. The normalized spacial score (nSPS) is 11.3. The van der Waals surface area contributed by atoms with E-state index in [1.54, 1.807) is 0 Å². The molecule has 0 aliphatic rings. The molecule has 0 atom stereocenters. The van der Waals surface area contributed by atoms with E-state index in [0.29, 0.717) is 0 Å². The van der Waals surface area contributed by atoms with Crippen LogP contribution in [0.25, 0.3) is 0 Å². The lowest BCUT2D eigenvalue weighted by atomic mass is 10.1. The van der Waals surface area contributed by atoms with E-state index in [1.807, 2.05) is 0 Å². The van der Waals surface area contributed by atoms with Crippen molar-refractivity contribution in [3.8, 4) is 0 Å². The molecule has 23 heavy (non-hydrogen) atoms. The van der Waals surface area contributed by atoms with Crippen LogP contribution in [0.3, 0.4) is 0 Å². The van der Waals surface area contributed by atoms with Gasteiger partial charge in [0.15, 0.2) is 0 Å². The summed E-state index contributed by atoms with van der Waals surface area (Å²) in [7, 11) is 0. The summed E-state index contributed by atoms with van der Waals surface area (Å²) >= 11 is 0. The molecular weight excluding hydrogens is 282 g/mol. The Kier molecular flexibility index (Phi) is 13.1. The minimum absolute atomic E-state index is 0. The van der Waals surface area contributed by atoms with Gasteiger partial charge in [0.2, 0.25) is 0 Å². The Labute approximate surface area is 144 Å². The van der Waals surface area contributed by atoms with Gasteiger partial charge in [0, 0.05) is 5.56 Å². The summed E-state index contributed by atoms with van der Waals surface area (Å²) in [6, 6.07) is 11.1. The fourth-order valence-electron chi connectivity index (χ4n) is 3.72. The van der Waals surface area contributed by atoms with E-state index in [0.717, 1.165) is 0 Å². The lowest BCUT2D eigenvalue weighted by molar-refractivity contribution is -0.941. The lowest BCUT2D eigenvalue weighted by Gasteiger charge is -2.39. The smallest absolute Gasteiger partial charge is 0.104 e. The maximum atomic E-state index is 2.34. The third-order valence-corrected chi connectivity index (χ3v) is 4.74. The first-order valence-electron chi connectivity index (χ1n) is 9.65. The van der Waals surface area contributed by atoms with Crippen LogP contribution in [0.15, 0.2) is 30.3 Å². The highest BCUT2D eigenvalue weighted by Crippen LogP contribution is 2.19. The van der Waals surface area contributed by atoms with Crippen molar-refractivity contribution in [2.45, 2.75) is 78.7 Å². The van der Waals surface area contributed by atoms with Gasteiger partial charge in [-0.25, -0.2) is 0 Å². The minimum Gasteiger partial charge on any atom is -0.870 e. The number of hydrogen-bond donors (Lipinski definition) is 0. The van der Waals surface area contributed by atoms with Crippen LogP contribution >= 0.6 is 0 Å². The Morgan fingerprint density at radius 2 is 1.22 bits per heavy atom. The van der Waals surface area contributed by atoms with Crippen molar-refractivity contribution < 1.29 is 9.96 Å². The Hall–Kier alpha value is -0.860. The monoisotopic (exact) mass is 321 g/mol. The van der Waals surface area contributed by atoms with Crippen molar-refractivity contribution in [2.75, 3.05) is 19.6 Å². The maximum Gasteiger partial charge on any atom is 0.104 e. The average molecular weight is 322 g/mol. The van der Waals surface area contributed by atoms with Crippen molar-refractivity contribution in [1.29, 1.82) is 0 Å². The predicted octanol–water partition coefficient (Wildman–Crippen LogP) is 6.01. The third-order valence-electron chi connectivity index (χ3n) is 4.74. The van der Waals surface area contributed by atoms with Gasteiger partial charge in [-0.15, -0.1) is 0 Å². The zero-order chi connectivity index (χ0) is 16.1. The molecule has 134 valence electrons. The molecule has 0 bridgehead atoms. The number of benzene rings is 1. The number of unbranched alkanes of at least 4 members (excludes halogenated alkanes) is 5. The van der Waals surface area contributed by atoms with E-state index >= 15 is 0 Å². The van der Waals surface area contributed by atoms with Crippen LogP contribution in [-0.4, -0.2) is 29.6 Å². The molecule has 2 heteroatoms. The molecule has 0 saturated carbocycles. The van der Waals surface area contributed by atoms with Crippen LogP contribution in [0.4, 0.5) is 0 Å². The largest absolute Gasteiger partial charge is 0.870 e. The van der Waals surface area contributed by atoms with E-state index in [4.69, 9.17) is 0 Å². The van der Waals surface area contributed by atoms with Gasteiger partial charge < -0.3 is 9.96 Å². The van der Waals surface area contributed by atoms with Gasteiger partial charge in [0.05, 0.1) is 19.6 Å². The minimum atomic E-state index is 0. The van der Waals surface area contributed by atoms with E-state index in [1.165, 1.54) is 87.6 Å². The standard InChI is InChI=1S/C21H38N.H2O/c1-4-7-8-9-10-14-19-22(17-5-2,18-6-3)20-21-15-12-11-13-16-21;/h11-13,15-16H,4-10,14,17-20H2,1-3H3;1H2/q+1;/p-1. The fraction of sp³-hybridized carbons (Fsp3) is 0.714. The number of hydrogen-bond acceptors (Lipinski definition) is 1. The van der Waals surface area contributed by atoms with Crippen LogP contribution in [-0.2, 0) is 6.54 Å². The van der Waals surface area contributed by atoms with Crippen molar-refractivity contribution in [2.24, 2.45) is 0 Å². The summed E-state index contributed by atoms with van der Waals surface area (Å²) in [5, 5.41) is 0. The number of rotatable bonds is 13. The highest BCUT2D eigenvalue weighted by Gasteiger charge is 2.25. The second kappa shape index (κ2) is 13.6. The average Bonchev–Trinajstić information content (AvgIpc) is 2.52. The fourth-order valence-corrected chi connectivity index (χ4v) is 3.72. The quantitative estimate of drug-likeness (QED) is 0.323. The van der Waals surface area contributed by atoms with Gasteiger partial charge in [-0.3, -0.25) is 0 Å². The molecule has 1 rings (SSSR count). The van der Waals surface area contributed by atoms with E-state index in [2.05, 4.69) is 51.1 Å². The molecule has 0 radical (unpaired) electrons. The Morgan fingerprint density at radius 1 is 0.652 bits per heavy atom. The van der Waals surface area contributed by atoms with E-state index in [-0.39, 0.29) is 5.48 Å². The molecular formula is C21H39NO. The molecule has 0 fully saturated rings.